The van der Waals surface area contributed by atoms with Gasteiger partial charge in [-0.3, -0.25) is 0 Å². The minimum absolute atomic E-state index is 0.00523. The third-order valence-corrected chi connectivity index (χ3v) is 1.38. The average Bonchev–Trinajstić information content (AvgIpc) is 2.47. The van der Waals surface area contributed by atoms with Gasteiger partial charge in [0, 0.05) is 0 Å². The monoisotopic (exact) mass is 182 g/mol. The van der Waals surface area contributed by atoms with Crippen molar-refractivity contribution in [2.45, 2.75) is 6.92 Å². The van der Waals surface area contributed by atoms with E-state index in [2.05, 4.69) is 21.2 Å². The molecular weight excluding hydrogens is 174 g/mol. The molecule has 4 nitrogen and oxygen atoms in total. The van der Waals surface area contributed by atoms with E-state index < -0.39 is 12.0 Å². The summed E-state index contributed by atoms with van der Waals surface area (Å²) < 4.78 is 17.2. The van der Waals surface area contributed by atoms with Gasteiger partial charge in [-0.25, -0.2) is 0 Å². The zero-order valence-corrected chi connectivity index (χ0v) is 7.13. The number of carbonyl (C=O) groups is 1. The van der Waals surface area contributed by atoms with E-state index >= 15 is 0 Å². The molecule has 1 aromatic rings. The fraction of sp³-hybridized carbons (Fsp3) is 0.286. The number of imidazole rings is 1. The molecule has 1 heterocycles. The second-order valence-electron chi connectivity index (χ2n) is 2.21. The van der Waals surface area contributed by atoms with Crippen LogP contribution in [0.5, 0.6) is 0 Å². The summed E-state index contributed by atoms with van der Waals surface area (Å²) in [6, 6.07) is 0. The van der Waals surface area contributed by atoms with Gasteiger partial charge in [0.25, 0.3) is 0 Å². The molecule has 0 spiro atoms. The van der Waals surface area contributed by atoms with Gasteiger partial charge in [-0.2, -0.15) is 0 Å². The normalized spacial score (nSPS) is 9.38. The molecule has 0 fully saturated rings. The number of carbonyl (C=O) groups excluding carboxylic acids is 1. The van der Waals surface area contributed by atoms with Crippen molar-refractivity contribution < 1.29 is 13.9 Å². The van der Waals surface area contributed by atoms with Crippen molar-refractivity contribution in [1.82, 2.24) is 9.97 Å². The van der Waals surface area contributed by atoms with E-state index in [0.717, 1.165) is 0 Å². The Morgan fingerprint density at radius 1 is 1.85 bits per heavy atom. The Balaban J connectivity index is 2.98. The van der Waals surface area contributed by atoms with Gasteiger partial charge >= 0.3 is 74.1 Å². The standard InChI is InChI=1S/C7H8BFN2O2/c1-3-13-6(12)4-5(8-2)11-7(9)10-4/h2-3H2,1H3,(H,10,11). The van der Waals surface area contributed by atoms with E-state index in [1.807, 2.05) is 0 Å². The molecule has 0 saturated heterocycles. The van der Waals surface area contributed by atoms with Crippen LogP contribution in [-0.4, -0.2) is 35.9 Å². The van der Waals surface area contributed by atoms with Crippen LogP contribution in [0.25, 0.3) is 0 Å². The van der Waals surface area contributed by atoms with Crippen LogP contribution < -0.4 is 5.59 Å². The zero-order valence-electron chi connectivity index (χ0n) is 7.13. The molecule has 1 N–H and O–H groups in total. The summed E-state index contributed by atoms with van der Waals surface area (Å²) in [7, 11) is 0. The predicted octanol–water partition coefficient (Wildman–Crippen LogP) is -0.513. The molecule has 1 aromatic heterocycles. The summed E-state index contributed by atoms with van der Waals surface area (Å²) in [6.45, 7) is 6.57. The van der Waals surface area contributed by atoms with Crippen LogP contribution in [0.2, 0.25) is 0 Å². The summed E-state index contributed by atoms with van der Waals surface area (Å²) in [5.74, 6) is -0.631. The molecule has 0 unspecified atom stereocenters. The fourth-order valence-electron chi connectivity index (χ4n) is 0.863. The molecule has 1 rings (SSSR count). The quantitative estimate of drug-likeness (QED) is 0.505. The van der Waals surface area contributed by atoms with Gasteiger partial charge in [-0.15, -0.1) is 0 Å². The molecule has 0 radical (unpaired) electrons. The molecule has 0 atom stereocenters. The first-order valence-electron chi connectivity index (χ1n) is 3.74. The molecule has 6 heteroatoms. The van der Waals surface area contributed by atoms with Crippen LogP contribution in [0.1, 0.15) is 17.4 Å². The van der Waals surface area contributed by atoms with Gasteiger partial charge < -0.3 is 0 Å². The second-order valence-corrected chi connectivity index (χ2v) is 2.21. The summed E-state index contributed by atoms with van der Waals surface area (Å²) in [6.07, 6.45) is -0.821. The molecule has 0 saturated carbocycles. The van der Waals surface area contributed by atoms with Gasteiger partial charge in [0.2, 0.25) is 0 Å². The second kappa shape index (κ2) is 3.98. The number of ether oxygens (including phenoxy) is 1. The van der Waals surface area contributed by atoms with Crippen LogP contribution >= 0.6 is 0 Å². The van der Waals surface area contributed by atoms with E-state index in [9.17, 15) is 9.18 Å². The minimum atomic E-state index is -0.821. The summed E-state index contributed by atoms with van der Waals surface area (Å²) in [5.41, 5.74) is 0.158. The third-order valence-electron chi connectivity index (χ3n) is 1.38. The Kier molecular flexibility index (Phi) is 2.95. The number of nitrogens with zero attached hydrogens (tertiary/aromatic N) is 1. The van der Waals surface area contributed by atoms with Gasteiger partial charge in [-0.1, -0.05) is 0 Å². The first-order chi connectivity index (χ1) is 6.19. The first-order valence-corrected chi connectivity index (χ1v) is 3.74. The van der Waals surface area contributed by atoms with Crippen molar-refractivity contribution in [2.75, 3.05) is 6.61 Å². The van der Waals surface area contributed by atoms with E-state index in [-0.39, 0.29) is 17.9 Å². The van der Waals surface area contributed by atoms with Crippen LogP contribution in [0.15, 0.2) is 0 Å². The maximum absolute atomic E-state index is 12.6. The molecule has 0 aromatic carbocycles. The third kappa shape index (κ3) is 2.02. The molecule has 0 aliphatic carbocycles. The molecule has 13 heavy (non-hydrogen) atoms. The van der Waals surface area contributed by atoms with Gasteiger partial charge in [0.1, 0.15) is 0 Å². The molecule has 0 aliphatic rings. The Labute approximate surface area is 75.0 Å². The Morgan fingerprint density at radius 2 is 2.54 bits per heavy atom. The van der Waals surface area contributed by atoms with Gasteiger partial charge in [0.15, 0.2) is 0 Å². The number of hydrogen-bond donors (Lipinski definition) is 1. The fourth-order valence-corrected chi connectivity index (χ4v) is 0.863. The first kappa shape index (κ1) is 9.63. The van der Waals surface area contributed by atoms with Crippen molar-refractivity contribution in [1.29, 1.82) is 0 Å². The van der Waals surface area contributed by atoms with Crippen molar-refractivity contribution >= 4 is 25.0 Å². The van der Waals surface area contributed by atoms with E-state index in [1.54, 1.807) is 6.92 Å². The van der Waals surface area contributed by atoms with E-state index in [0.29, 0.717) is 0 Å². The van der Waals surface area contributed by atoms with Gasteiger partial charge in [-0.05, 0) is 0 Å². The van der Waals surface area contributed by atoms with Crippen molar-refractivity contribution in [3.63, 3.8) is 0 Å². The van der Waals surface area contributed by atoms with Crippen molar-refractivity contribution in [3.8, 4) is 0 Å². The van der Waals surface area contributed by atoms with Crippen LogP contribution in [-0.2, 0) is 4.74 Å². The number of aromatic amines is 1. The number of H-pyrrole nitrogens is 1. The predicted molar refractivity (Wildman–Crippen MR) is 47.0 cm³/mol. The van der Waals surface area contributed by atoms with Crippen LogP contribution in [0.3, 0.4) is 0 Å². The topological polar surface area (TPSA) is 55.0 Å². The van der Waals surface area contributed by atoms with Crippen LogP contribution in [0.4, 0.5) is 4.39 Å². The van der Waals surface area contributed by atoms with Crippen molar-refractivity contribution in [2.24, 2.45) is 0 Å². The number of aromatic nitrogens is 2. The molecule has 0 bridgehead atoms. The van der Waals surface area contributed by atoms with Crippen LogP contribution in [0, 0.1) is 6.08 Å². The molecular formula is C7H8BFN2O2. The summed E-state index contributed by atoms with van der Waals surface area (Å²) in [4.78, 5) is 16.7. The number of esters is 1. The number of nitrogens with one attached hydrogen (secondary N) is 1. The average molecular weight is 182 g/mol. The summed E-state index contributed by atoms with van der Waals surface area (Å²) >= 11 is 0. The van der Waals surface area contributed by atoms with Gasteiger partial charge in [0.05, 0.1) is 0 Å². The number of hydrogen-bond acceptors (Lipinski definition) is 3. The Bertz CT molecular complexity index is 337. The number of halogens is 1. The Morgan fingerprint density at radius 3 is 3.08 bits per heavy atom. The van der Waals surface area contributed by atoms with E-state index in [1.165, 1.54) is 6.92 Å². The Hall–Kier alpha value is -1.46. The molecule has 68 valence electrons. The molecule has 0 amide bonds. The zero-order chi connectivity index (χ0) is 9.84. The maximum atomic E-state index is 12.6. The molecule has 0 aliphatic heterocycles. The summed E-state index contributed by atoms with van der Waals surface area (Å²) in [5, 5.41) is 0. The number of rotatable bonds is 3. The SMILES string of the molecule is C=Bc1nc(F)[nH]c1C(=O)OCC. The van der Waals surface area contributed by atoms with E-state index in [4.69, 9.17) is 0 Å². The van der Waals surface area contributed by atoms with Crippen molar-refractivity contribution in [3.05, 3.63) is 11.8 Å².